The van der Waals surface area contributed by atoms with Crippen LogP contribution in [-0.2, 0) is 0 Å². The van der Waals surface area contributed by atoms with E-state index in [4.69, 9.17) is 5.26 Å². The van der Waals surface area contributed by atoms with Crippen molar-refractivity contribution in [3.8, 4) is 11.9 Å². The number of hydrogen-bond donors (Lipinski definition) is 0. The SMILES string of the molecule is N#Cc1cc(Br)c(Br)c(OC(F)(F)F)n1. The van der Waals surface area contributed by atoms with Crippen molar-refractivity contribution in [3.63, 3.8) is 0 Å². The third-order valence-corrected chi connectivity index (χ3v) is 3.13. The monoisotopic (exact) mass is 344 g/mol. The molecular formula is C7HBr2F3N2O. The lowest BCUT2D eigenvalue weighted by atomic mass is 10.4. The molecule has 80 valence electrons. The van der Waals surface area contributed by atoms with Crippen molar-refractivity contribution < 1.29 is 17.9 Å². The summed E-state index contributed by atoms with van der Waals surface area (Å²) in [6.45, 7) is 0. The highest BCUT2D eigenvalue weighted by Gasteiger charge is 2.33. The average Bonchev–Trinajstić information content (AvgIpc) is 2.10. The summed E-state index contributed by atoms with van der Waals surface area (Å²) in [5, 5.41) is 8.49. The first kappa shape index (κ1) is 12.3. The fourth-order valence-electron chi connectivity index (χ4n) is 0.711. The highest BCUT2D eigenvalue weighted by Crippen LogP contribution is 2.34. The molecule has 0 aromatic carbocycles. The molecule has 8 heteroatoms. The number of hydrogen-bond acceptors (Lipinski definition) is 3. The molecule has 3 nitrogen and oxygen atoms in total. The van der Waals surface area contributed by atoms with Gasteiger partial charge in [-0.3, -0.25) is 0 Å². The predicted molar refractivity (Wildman–Crippen MR) is 51.0 cm³/mol. The molecule has 0 saturated carbocycles. The van der Waals surface area contributed by atoms with E-state index in [-0.39, 0.29) is 14.6 Å². The number of ether oxygens (including phenoxy) is 1. The van der Waals surface area contributed by atoms with E-state index < -0.39 is 12.2 Å². The lowest BCUT2D eigenvalue weighted by Crippen LogP contribution is -2.18. The van der Waals surface area contributed by atoms with Crippen molar-refractivity contribution >= 4 is 31.9 Å². The fourth-order valence-corrected chi connectivity index (χ4v) is 1.38. The summed E-state index contributed by atoms with van der Waals surface area (Å²) in [4.78, 5) is 3.36. The topological polar surface area (TPSA) is 45.9 Å². The van der Waals surface area contributed by atoms with E-state index in [0.29, 0.717) is 0 Å². The Hall–Kier alpha value is -0.810. The van der Waals surface area contributed by atoms with Gasteiger partial charge in [0.1, 0.15) is 11.8 Å². The van der Waals surface area contributed by atoms with Gasteiger partial charge in [-0.1, -0.05) is 0 Å². The first-order valence-corrected chi connectivity index (χ1v) is 4.94. The van der Waals surface area contributed by atoms with Gasteiger partial charge in [-0.25, -0.2) is 4.98 Å². The zero-order valence-electron chi connectivity index (χ0n) is 6.77. The Labute approximate surface area is 99.1 Å². The molecule has 0 amide bonds. The van der Waals surface area contributed by atoms with Crippen LogP contribution >= 0.6 is 31.9 Å². The molecule has 0 N–H and O–H groups in total. The highest BCUT2D eigenvalue weighted by molar-refractivity contribution is 9.13. The Kier molecular flexibility index (Phi) is 3.57. The molecule has 1 aromatic heterocycles. The molecule has 0 aliphatic carbocycles. The first-order valence-electron chi connectivity index (χ1n) is 3.35. The quantitative estimate of drug-likeness (QED) is 0.783. The minimum absolute atomic E-state index is 0.00109. The van der Waals surface area contributed by atoms with Crippen molar-refractivity contribution in [2.24, 2.45) is 0 Å². The van der Waals surface area contributed by atoms with Gasteiger partial charge in [0.05, 0.1) is 4.47 Å². The van der Waals surface area contributed by atoms with Gasteiger partial charge in [0.25, 0.3) is 0 Å². The van der Waals surface area contributed by atoms with Crippen LogP contribution in [0.3, 0.4) is 0 Å². The molecule has 0 spiro atoms. The number of aromatic nitrogens is 1. The van der Waals surface area contributed by atoms with Crippen LogP contribution in [0.25, 0.3) is 0 Å². The highest BCUT2D eigenvalue weighted by atomic mass is 79.9. The Balaban J connectivity index is 3.18. The molecule has 0 unspecified atom stereocenters. The van der Waals surface area contributed by atoms with Crippen LogP contribution in [0.15, 0.2) is 15.0 Å². The van der Waals surface area contributed by atoms with Crippen LogP contribution in [0.5, 0.6) is 5.88 Å². The Morgan fingerprint density at radius 1 is 1.40 bits per heavy atom. The molecule has 1 aromatic rings. The minimum atomic E-state index is -4.84. The third-order valence-electron chi connectivity index (χ3n) is 1.21. The van der Waals surface area contributed by atoms with Crippen molar-refractivity contribution in [2.45, 2.75) is 6.36 Å². The summed E-state index contributed by atoms with van der Waals surface area (Å²) in [6.07, 6.45) is -4.84. The summed E-state index contributed by atoms with van der Waals surface area (Å²) in [6, 6.07) is 2.88. The smallest absolute Gasteiger partial charge is 0.387 e. The van der Waals surface area contributed by atoms with Crippen LogP contribution in [0.1, 0.15) is 5.69 Å². The number of rotatable bonds is 1. The molecule has 0 fully saturated rings. The maximum absolute atomic E-state index is 11.9. The summed E-state index contributed by atoms with van der Waals surface area (Å²) in [5.74, 6) is -0.701. The molecule has 15 heavy (non-hydrogen) atoms. The largest absolute Gasteiger partial charge is 0.574 e. The van der Waals surface area contributed by atoms with E-state index in [9.17, 15) is 13.2 Å². The maximum Gasteiger partial charge on any atom is 0.574 e. The van der Waals surface area contributed by atoms with E-state index in [0.717, 1.165) is 0 Å². The van der Waals surface area contributed by atoms with Crippen molar-refractivity contribution in [3.05, 3.63) is 20.7 Å². The van der Waals surface area contributed by atoms with Gasteiger partial charge in [0.2, 0.25) is 5.88 Å². The Bertz CT molecular complexity index is 427. The molecule has 0 radical (unpaired) electrons. The zero-order chi connectivity index (χ0) is 11.6. The summed E-state index contributed by atoms with van der Waals surface area (Å²) >= 11 is 5.81. The summed E-state index contributed by atoms with van der Waals surface area (Å²) in [5.41, 5.74) is -0.177. The van der Waals surface area contributed by atoms with Crippen molar-refractivity contribution in [1.82, 2.24) is 4.98 Å². The second-order valence-electron chi connectivity index (χ2n) is 2.27. The van der Waals surface area contributed by atoms with Crippen LogP contribution in [0, 0.1) is 11.3 Å². The molecule has 0 atom stereocenters. The standard InChI is InChI=1S/C7HBr2F3N2O/c8-4-1-3(2-13)14-6(5(4)9)15-7(10,11)12/h1H. The number of alkyl halides is 3. The van der Waals surface area contributed by atoms with Crippen LogP contribution in [0.2, 0.25) is 0 Å². The summed E-state index contributed by atoms with van der Waals surface area (Å²) in [7, 11) is 0. The van der Waals surface area contributed by atoms with Gasteiger partial charge in [-0.2, -0.15) is 5.26 Å². The Morgan fingerprint density at radius 3 is 2.47 bits per heavy atom. The van der Waals surface area contributed by atoms with Gasteiger partial charge in [0.15, 0.2) is 0 Å². The third kappa shape index (κ3) is 3.35. The first-order chi connectivity index (χ1) is 6.83. The second-order valence-corrected chi connectivity index (χ2v) is 3.92. The van der Waals surface area contributed by atoms with Crippen LogP contribution in [0.4, 0.5) is 13.2 Å². The number of halogens is 5. The molecular weight excluding hydrogens is 345 g/mol. The lowest BCUT2D eigenvalue weighted by Gasteiger charge is -2.10. The van der Waals surface area contributed by atoms with Crippen LogP contribution in [-0.4, -0.2) is 11.3 Å². The van der Waals surface area contributed by atoms with E-state index >= 15 is 0 Å². The van der Waals surface area contributed by atoms with Gasteiger partial charge in [-0.05, 0) is 37.9 Å². The van der Waals surface area contributed by atoms with Gasteiger partial charge in [-0.15, -0.1) is 13.2 Å². The molecule has 1 rings (SSSR count). The zero-order valence-corrected chi connectivity index (χ0v) is 9.94. The van der Waals surface area contributed by atoms with E-state index in [1.165, 1.54) is 6.07 Å². The molecule has 1 heterocycles. The van der Waals surface area contributed by atoms with Crippen molar-refractivity contribution in [2.75, 3.05) is 0 Å². The van der Waals surface area contributed by atoms with Crippen LogP contribution < -0.4 is 4.74 Å². The molecule has 0 aliphatic heterocycles. The second kappa shape index (κ2) is 4.37. The predicted octanol–water partition coefficient (Wildman–Crippen LogP) is 3.38. The minimum Gasteiger partial charge on any atom is -0.387 e. The maximum atomic E-state index is 11.9. The number of pyridine rings is 1. The lowest BCUT2D eigenvalue weighted by molar-refractivity contribution is -0.276. The van der Waals surface area contributed by atoms with Gasteiger partial charge < -0.3 is 4.74 Å². The fraction of sp³-hybridized carbons (Fsp3) is 0.143. The molecule has 0 bridgehead atoms. The van der Waals surface area contributed by atoms with E-state index in [1.54, 1.807) is 6.07 Å². The average molecular weight is 346 g/mol. The summed E-state index contributed by atoms with van der Waals surface area (Å²) < 4.78 is 39.6. The number of nitrogens with zero attached hydrogens (tertiary/aromatic N) is 2. The van der Waals surface area contributed by atoms with E-state index in [2.05, 4.69) is 41.6 Å². The normalized spacial score (nSPS) is 10.9. The number of nitriles is 1. The van der Waals surface area contributed by atoms with Crippen molar-refractivity contribution in [1.29, 1.82) is 5.26 Å². The van der Waals surface area contributed by atoms with Gasteiger partial charge in [0, 0.05) is 4.47 Å². The Morgan fingerprint density at radius 2 is 2.00 bits per heavy atom. The molecule has 0 aliphatic rings. The van der Waals surface area contributed by atoms with E-state index in [1.807, 2.05) is 0 Å². The molecule has 0 saturated heterocycles. The van der Waals surface area contributed by atoms with Gasteiger partial charge >= 0.3 is 6.36 Å².